The highest BCUT2D eigenvalue weighted by Crippen LogP contribution is 2.23. The summed E-state index contributed by atoms with van der Waals surface area (Å²) in [4.78, 5) is 21.0. The number of hydrogen-bond acceptors (Lipinski definition) is 5. The Bertz CT molecular complexity index is 710. The molecule has 0 aromatic carbocycles. The summed E-state index contributed by atoms with van der Waals surface area (Å²) in [5.41, 5.74) is 0.605. The van der Waals surface area contributed by atoms with E-state index in [9.17, 15) is 13.2 Å². The molecule has 25 heavy (non-hydrogen) atoms. The van der Waals surface area contributed by atoms with Gasteiger partial charge in [0.2, 0.25) is 0 Å². The van der Waals surface area contributed by atoms with Gasteiger partial charge in [-0.1, -0.05) is 6.92 Å². The highest BCUT2D eigenvalue weighted by atomic mass is 32.2. The quantitative estimate of drug-likeness (QED) is 0.816. The molecule has 2 aliphatic rings. The average Bonchev–Trinajstić information content (AvgIpc) is 2.96. The number of pyridine rings is 1. The van der Waals surface area contributed by atoms with E-state index in [0.717, 1.165) is 31.7 Å². The Morgan fingerprint density at radius 2 is 2.00 bits per heavy atom. The Labute approximate surface area is 150 Å². The van der Waals surface area contributed by atoms with Gasteiger partial charge in [-0.2, -0.15) is 0 Å². The number of nitrogens with zero attached hydrogens (tertiary/aromatic N) is 3. The molecule has 2 saturated heterocycles. The van der Waals surface area contributed by atoms with E-state index < -0.39 is 9.84 Å². The standard InChI is InChI=1S/C18H27N3O3S/c1-3-21(16-8-11-25(23,24)13-16)17-5-4-15(12-19-17)18(22)20-9-6-14(2)7-10-20/h4-5,12,14,16H,3,6-11,13H2,1-2H3. The van der Waals surface area contributed by atoms with Crippen LogP contribution in [0.3, 0.4) is 0 Å². The fourth-order valence-electron chi connectivity index (χ4n) is 3.71. The van der Waals surface area contributed by atoms with Crippen LogP contribution < -0.4 is 4.90 Å². The molecule has 3 heterocycles. The van der Waals surface area contributed by atoms with Gasteiger partial charge in [-0.25, -0.2) is 13.4 Å². The van der Waals surface area contributed by atoms with Crippen molar-refractivity contribution >= 4 is 21.6 Å². The van der Waals surface area contributed by atoms with E-state index in [1.54, 1.807) is 6.20 Å². The van der Waals surface area contributed by atoms with Crippen molar-refractivity contribution in [1.29, 1.82) is 0 Å². The third-order valence-electron chi connectivity index (χ3n) is 5.35. The summed E-state index contributed by atoms with van der Waals surface area (Å²) in [5, 5.41) is 0. The molecule has 0 radical (unpaired) electrons. The second-order valence-corrected chi connectivity index (χ2v) is 9.45. The van der Waals surface area contributed by atoms with Gasteiger partial charge in [0.05, 0.1) is 17.1 Å². The first-order valence-corrected chi connectivity index (χ1v) is 10.9. The normalized spacial score (nSPS) is 23.6. The van der Waals surface area contributed by atoms with Gasteiger partial charge in [0.25, 0.3) is 5.91 Å². The van der Waals surface area contributed by atoms with Gasteiger partial charge in [0.15, 0.2) is 9.84 Å². The van der Waals surface area contributed by atoms with Crippen molar-refractivity contribution in [3.05, 3.63) is 23.9 Å². The molecule has 0 spiro atoms. The number of sulfone groups is 1. The zero-order valence-electron chi connectivity index (χ0n) is 15.0. The number of hydrogen-bond donors (Lipinski definition) is 0. The van der Waals surface area contributed by atoms with E-state index in [2.05, 4.69) is 11.9 Å². The lowest BCUT2D eigenvalue weighted by molar-refractivity contribution is 0.0697. The molecule has 6 nitrogen and oxygen atoms in total. The van der Waals surface area contributed by atoms with E-state index >= 15 is 0 Å². The monoisotopic (exact) mass is 365 g/mol. The molecular weight excluding hydrogens is 338 g/mol. The van der Waals surface area contributed by atoms with Crippen molar-refractivity contribution in [3.8, 4) is 0 Å². The molecular formula is C18H27N3O3S. The van der Waals surface area contributed by atoms with E-state index in [1.807, 2.05) is 28.9 Å². The van der Waals surface area contributed by atoms with Gasteiger partial charge in [-0.05, 0) is 44.2 Å². The summed E-state index contributed by atoms with van der Waals surface area (Å²) in [6.07, 6.45) is 4.38. The highest BCUT2D eigenvalue weighted by Gasteiger charge is 2.32. The smallest absolute Gasteiger partial charge is 0.255 e. The number of anilines is 1. The Morgan fingerprint density at radius 3 is 2.52 bits per heavy atom. The summed E-state index contributed by atoms with van der Waals surface area (Å²) in [6.45, 7) is 6.54. The maximum Gasteiger partial charge on any atom is 0.255 e. The lowest BCUT2D eigenvalue weighted by Crippen LogP contribution is -2.38. The molecule has 1 aromatic heterocycles. The number of carbonyl (C=O) groups excluding carboxylic acids is 1. The average molecular weight is 365 g/mol. The van der Waals surface area contributed by atoms with Gasteiger partial charge >= 0.3 is 0 Å². The molecule has 0 N–H and O–H groups in total. The molecule has 1 amide bonds. The first-order chi connectivity index (χ1) is 11.9. The fraction of sp³-hybridized carbons (Fsp3) is 0.667. The second kappa shape index (κ2) is 7.32. The van der Waals surface area contributed by atoms with Crippen molar-refractivity contribution in [2.75, 3.05) is 36.0 Å². The highest BCUT2D eigenvalue weighted by molar-refractivity contribution is 7.91. The van der Waals surface area contributed by atoms with E-state index in [-0.39, 0.29) is 23.5 Å². The molecule has 138 valence electrons. The van der Waals surface area contributed by atoms with Crippen LogP contribution in [0.15, 0.2) is 18.3 Å². The van der Waals surface area contributed by atoms with Gasteiger partial charge in [0, 0.05) is 31.9 Å². The van der Waals surface area contributed by atoms with E-state index in [0.29, 0.717) is 24.4 Å². The Balaban J connectivity index is 1.69. The number of rotatable bonds is 4. The van der Waals surface area contributed by atoms with E-state index in [4.69, 9.17) is 0 Å². The molecule has 1 unspecified atom stereocenters. The van der Waals surface area contributed by atoms with Gasteiger partial charge in [-0.3, -0.25) is 4.79 Å². The van der Waals surface area contributed by atoms with Crippen LogP contribution in [0.4, 0.5) is 5.82 Å². The Morgan fingerprint density at radius 1 is 1.28 bits per heavy atom. The van der Waals surface area contributed by atoms with Gasteiger partial charge in [0.1, 0.15) is 5.82 Å². The van der Waals surface area contributed by atoms with E-state index in [1.165, 1.54) is 0 Å². The summed E-state index contributed by atoms with van der Waals surface area (Å²) in [5.74, 6) is 1.91. The van der Waals surface area contributed by atoms with Gasteiger partial charge < -0.3 is 9.80 Å². The van der Waals surface area contributed by atoms with Crippen molar-refractivity contribution in [2.24, 2.45) is 5.92 Å². The summed E-state index contributed by atoms with van der Waals surface area (Å²) in [7, 11) is -2.93. The number of piperidine rings is 1. The minimum absolute atomic E-state index is 0.0207. The fourth-order valence-corrected chi connectivity index (χ4v) is 5.44. The number of aromatic nitrogens is 1. The largest absolute Gasteiger partial charge is 0.353 e. The van der Waals surface area contributed by atoms with Crippen molar-refractivity contribution in [3.63, 3.8) is 0 Å². The maximum absolute atomic E-state index is 12.6. The van der Waals surface area contributed by atoms with Crippen LogP contribution in [0, 0.1) is 5.92 Å². The molecule has 7 heteroatoms. The van der Waals surface area contributed by atoms with Crippen LogP contribution in [-0.2, 0) is 9.84 Å². The van der Waals surface area contributed by atoms with Crippen LogP contribution >= 0.6 is 0 Å². The minimum atomic E-state index is -2.93. The van der Waals surface area contributed by atoms with Crippen LogP contribution in [0.25, 0.3) is 0 Å². The molecule has 2 aliphatic heterocycles. The Kier molecular flexibility index (Phi) is 5.32. The third-order valence-corrected chi connectivity index (χ3v) is 7.10. The molecule has 1 aromatic rings. The topological polar surface area (TPSA) is 70.6 Å². The minimum Gasteiger partial charge on any atom is -0.353 e. The summed E-state index contributed by atoms with van der Waals surface area (Å²) < 4.78 is 23.5. The molecule has 0 aliphatic carbocycles. The molecule has 2 fully saturated rings. The number of amides is 1. The van der Waals surface area contributed by atoms with Crippen LogP contribution in [0.1, 0.15) is 43.5 Å². The molecule has 0 bridgehead atoms. The zero-order valence-corrected chi connectivity index (χ0v) is 15.8. The zero-order chi connectivity index (χ0) is 18.0. The SMILES string of the molecule is CCN(c1ccc(C(=O)N2CCC(C)CC2)cn1)C1CCS(=O)(=O)C1. The first kappa shape index (κ1) is 18.2. The first-order valence-electron chi connectivity index (χ1n) is 9.12. The summed E-state index contributed by atoms with van der Waals surface area (Å²) >= 11 is 0. The maximum atomic E-state index is 12.6. The summed E-state index contributed by atoms with van der Waals surface area (Å²) in [6, 6.07) is 3.64. The Hall–Kier alpha value is -1.63. The molecule has 0 saturated carbocycles. The predicted molar refractivity (Wildman–Crippen MR) is 98.6 cm³/mol. The number of carbonyl (C=O) groups is 1. The molecule has 1 atom stereocenters. The van der Waals surface area contributed by atoms with Crippen LogP contribution in [-0.4, -0.2) is 61.4 Å². The molecule has 3 rings (SSSR count). The van der Waals surface area contributed by atoms with Gasteiger partial charge in [-0.15, -0.1) is 0 Å². The van der Waals surface area contributed by atoms with Crippen molar-refractivity contribution in [2.45, 2.75) is 39.2 Å². The third kappa shape index (κ3) is 4.14. The lowest BCUT2D eigenvalue weighted by Gasteiger charge is -2.31. The van der Waals surface area contributed by atoms with Crippen molar-refractivity contribution in [1.82, 2.24) is 9.88 Å². The lowest BCUT2D eigenvalue weighted by atomic mass is 9.99. The van der Waals surface area contributed by atoms with Crippen LogP contribution in [0.5, 0.6) is 0 Å². The van der Waals surface area contributed by atoms with Crippen LogP contribution in [0.2, 0.25) is 0 Å². The predicted octanol–water partition coefficient (Wildman–Crippen LogP) is 1.97. The van der Waals surface area contributed by atoms with Crippen molar-refractivity contribution < 1.29 is 13.2 Å². The second-order valence-electron chi connectivity index (χ2n) is 7.22. The number of likely N-dealkylation sites (tertiary alicyclic amines) is 1.